The van der Waals surface area contributed by atoms with Gasteiger partial charge in [-0.2, -0.15) is 4.98 Å². The highest BCUT2D eigenvalue weighted by atomic mass is 32.1. The number of rotatable bonds is 4. The molecule has 2 rings (SSSR count). The van der Waals surface area contributed by atoms with Crippen LogP contribution in [0, 0.1) is 6.92 Å². The fourth-order valence-corrected chi connectivity index (χ4v) is 2.20. The molecule has 3 N–H and O–H groups in total. The molecule has 6 heteroatoms. The number of nitrogens with two attached hydrogens (primary N) is 1. The lowest BCUT2D eigenvalue weighted by Gasteiger charge is -2.05. The predicted octanol–water partition coefficient (Wildman–Crippen LogP) is 1.85. The van der Waals surface area contributed by atoms with Crippen LogP contribution in [0.25, 0.3) is 10.2 Å². The second-order valence-electron chi connectivity index (χ2n) is 3.17. The minimum Gasteiger partial charge on any atom is -0.473 e. The molecule has 0 aliphatic heterocycles. The van der Waals surface area contributed by atoms with E-state index < -0.39 is 0 Å². The molecule has 0 unspecified atom stereocenters. The Morgan fingerprint density at radius 3 is 3.12 bits per heavy atom. The van der Waals surface area contributed by atoms with Crippen molar-refractivity contribution < 1.29 is 4.74 Å². The Labute approximate surface area is 96.9 Å². The number of nitrogen functional groups attached to an aromatic ring is 1. The highest BCUT2D eigenvalue weighted by Gasteiger charge is 2.10. The zero-order valence-corrected chi connectivity index (χ0v) is 9.67. The number of hydrogen-bond donors (Lipinski definition) is 2. The molecule has 0 fully saturated rings. The van der Waals surface area contributed by atoms with Gasteiger partial charge in [0.05, 0.1) is 5.39 Å². The lowest BCUT2D eigenvalue weighted by Crippen LogP contribution is -2.11. The normalized spacial score (nSPS) is 10.4. The number of nitrogens with zero attached hydrogens (tertiary/aromatic N) is 2. The monoisotopic (exact) mass is 236 g/mol. The average Bonchev–Trinajstić information content (AvgIpc) is 2.65. The molecule has 0 amide bonds. The van der Waals surface area contributed by atoms with Gasteiger partial charge in [-0.15, -0.1) is 11.3 Å². The first-order valence-corrected chi connectivity index (χ1v) is 5.54. The number of aromatic nitrogens is 2. The van der Waals surface area contributed by atoms with Crippen molar-refractivity contribution in [3.8, 4) is 5.88 Å². The van der Waals surface area contributed by atoms with Gasteiger partial charge in [-0.25, -0.2) is 10.8 Å². The third-order valence-corrected chi connectivity index (χ3v) is 2.89. The number of hydrogen-bond acceptors (Lipinski definition) is 6. The molecule has 5 nitrogen and oxygen atoms in total. The maximum Gasteiger partial charge on any atom is 0.241 e. The molecule has 0 aromatic carbocycles. The van der Waals surface area contributed by atoms with Gasteiger partial charge in [0, 0.05) is 4.88 Å². The maximum absolute atomic E-state index is 5.47. The zero-order chi connectivity index (χ0) is 11.5. The minimum absolute atomic E-state index is 0.355. The summed E-state index contributed by atoms with van der Waals surface area (Å²) in [4.78, 5) is 10.4. The van der Waals surface area contributed by atoms with Crippen molar-refractivity contribution in [1.82, 2.24) is 9.97 Å². The maximum atomic E-state index is 5.47. The largest absolute Gasteiger partial charge is 0.473 e. The molecule has 0 saturated heterocycles. The molecule has 2 aromatic rings. The van der Waals surface area contributed by atoms with Gasteiger partial charge >= 0.3 is 0 Å². The second kappa shape index (κ2) is 4.46. The molecule has 0 spiro atoms. The van der Waals surface area contributed by atoms with E-state index in [0.29, 0.717) is 18.4 Å². The lowest BCUT2D eigenvalue weighted by molar-refractivity contribution is 0.353. The van der Waals surface area contributed by atoms with Gasteiger partial charge in [0.15, 0.2) is 0 Å². The summed E-state index contributed by atoms with van der Waals surface area (Å²) in [6.07, 6.45) is 1.67. The first-order valence-electron chi connectivity index (χ1n) is 4.73. The molecule has 0 atom stereocenters. The van der Waals surface area contributed by atoms with Crippen molar-refractivity contribution in [3.63, 3.8) is 0 Å². The van der Waals surface area contributed by atoms with Gasteiger partial charge in [0.25, 0.3) is 0 Å². The molecule has 16 heavy (non-hydrogen) atoms. The summed E-state index contributed by atoms with van der Waals surface area (Å²) in [6, 6.07) is 2.00. The Balaban J connectivity index is 2.53. The number of aryl methyl sites for hydroxylation is 1. The molecule has 2 aromatic heterocycles. The van der Waals surface area contributed by atoms with Crippen molar-refractivity contribution in [2.24, 2.45) is 5.84 Å². The van der Waals surface area contributed by atoms with E-state index in [9.17, 15) is 0 Å². The Morgan fingerprint density at radius 2 is 2.44 bits per heavy atom. The van der Waals surface area contributed by atoms with Crippen molar-refractivity contribution in [2.45, 2.75) is 6.92 Å². The first kappa shape index (κ1) is 10.8. The highest BCUT2D eigenvalue weighted by molar-refractivity contribution is 7.18. The van der Waals surface area contributed by atoms with Crippen LogP contribution in [-0.2, 0) is 0 Å². The number of nitrogens with one attached hydrogen (secondary N) is 1. The molecule has 84 valence electrons. The van der Waals surface area contributed by atoms with Gasteiger partial charge in [0.1, 0.15) is 11.4 Å². The first-order chi connectivity index (χ1) is 7.74. The van der Waals surface area contributed by atoms with E-state index in [1.807, 2.05) is 13.0 Å². The van der Waals surface area contributed by atoms with Crippen LogP contribution >= 0.6 is 11.3 Å². The van der Waals surface area contributed by atoms with Gasteiger partial charge in [-0.1, -0.05) is 12.7 Å². The van der Waals surface area contributed by atoms with Crippen molar-refractivity contribution in [3.05, 3.63) is 23.6 Å². The number of fused-ring (bicyclic) bond motifs is 1. The van der Waals surface area contributed by atoms with E-state index in [1.165, 1.54) is 0 Å². The minimum atomic E-state index is 0.355. The Kier molecular flexibility index (Phi) is 3.02. The Bertz CT molecular complexity index is 523. The smallest absolute Gasteiger partial charge is 0.241 e. The van der Waals surface area contributed by atoms with E-state index in [1.54, 1.807) is 17.4 Å². The fraction of sp³-hybridized carbons (Fsp3) is 0.200. The lowest BCUT2D eigenvalue weighted by atomic mass is 10.3. The van der Waals surface area contributed by atoms with Gasteiger partial charge in [-0.05, 0) is 13.0 Å². The zero-order valence-electron chi connectivity index (χ0n) is 8.86. The van der Waals surface area contributed by atoms with E-state index in [4.69, 9.17) is 10.6 Å². The van der Waals surface area contributed by atoms with E-state index in [0.717, 1.165) is 15.1 Å². The van der Waals surface area contributed by atoms with Crippen LogP contribution in [0.1, 0.15) is 4.88 Å². The van der Waals surface area contributed by atoms with Crippen LogP contribution < -0.4 is 16.0 Å². The summed E-state index contributed by atoms with van der Waals surface area (Å²) in [6.45, 7) is 6.02. The van der Waals surface area contributed by atoms with Crippen LogP contribution in [0.3, 0.4) is 0 Å². The van der Waals surface area contributed by atoms with Gasteiger partial charge in [-0.3, -0.25) is 5.43 Å². The number of ether oxygens (including phenoxy) is 1. The quantitative estimate of drug-likeness (QED) is 0.481. The molecular weight excluding hydrogens is 224 g/mol. The molecule has 0 saturated carbocycles. The average molecular weight is 236 g/mol. The van der Waals surface area contributed by atoms with E-state index in [-0.39, 0.29) is 0 Å². The van der Waals surface area contributed by atoms with Gasteiger partial charge < -0.3 is 4.74 Å². The standard InChI is InChI=1S/C10H12N4OS/c1-3-4-15-8-7-5-6(2)16-9(7)13-10(12-8)14-11/h3,5H,1,4,11H2,2H3,(H,12,13,14). The van der Waals surface area contributed by atoms with Crippen molar-refractivity contribution in [2.75, 3.05) is 12.0 Å². The Morgan fingerprint density at radius 1 is 1.62 bits per heavy atom. The summed E-state index contributed by atoms with van der Waals surface area (Å²) in [7, 11) is 0. The highest BCUT2D eigenvalue weighted by Crippen LogP contribution is 2.30. The summed E-state index contributed by atoms with van der Waals surface area (Å²) in [5.74, 6) is 6.18. The summed E-state index contributed by atoms with van der Waals surface area (Å²) in [5.41, 5.74) is 2.42. The second-order valence-corrected chi connectivity index (χ2v) is 4.41. The summed E-state index contributed by atoms with van der Waals surface area (Å²) >= 11 is 1.58. The molecule has 0 aliphatic carbocycles. The van der Waals surface area contributed by atoms with Gasteiger partial charge in [0.2, 0.25) is 11.8 Å². The SMILES string of the molecule is C=CCOc1nc(NN)nc2sc(C)cc12. The van der Waals surface area contributed by atoms with Crippen molar-refractivity contribution in [1.29, 1.82) is 0 Å². The Hall–Kier alpha value is -1.66. The molecule has 0 radical (unpaired) electrons. The predicted molar refractivity (Wildman–Crippen MR) is 65.7 cm³/mol. The van der Waals surface area contributed by atoms with E-state index in [2.05, 4.69) is 22.0 Å². The fourth-order valence-electron chi connectivity index (χ4n) is 1.33. The molecular formula is C10H12N4OS. The third kappa shape index (κ3) is 1.98. The van der Waals surface area contributed by atoms with E-state index >= 15 is 0 Å². The van der Waals surface area contributed by atoms with Crippen LogP contribution in [-0.4, -0.2) is 16.6 Å². The van der Waals surface area contributed by atoms with Crippen LogP contribution in [0.5, 0.6) is 5.88 Å². The topological polar surface area (TPSA) is 73.1 Å². The van der Waals surface area contributed by atoms with Crippen LogP contribution in [0.4, 0.5) is 5.95 Å². The number of thiophene rings is 1. The molecule has 0 aliphatic rings. The molecule has 0 bridgehead atoms. The van der Waals surface area contributed by atoms with Crippen LogP contribution in [0.15, 0.2) is 18.7 Å². The number of anilines is 1. The molecule has 2 heterocycles. The van der Waals surface area contributed by atoms with Crippen molar-refractivity contribution >= 4 is 27.5 Å². The van der Waals surface area contributed by atoms with Crippen LogP contribution in [0.2, 0.25) is 0 Å². The summed E-state index contributed by atoms with van der Waals surface area (Å²) < 4.78 is 5.47. The third-order valence-electron chi connectivity index (χ3n) is 1.95. The number of hydrazine groups is 1. The summed E-state index contributed by atoms with van der Waals surface area (Å²) in [5, 5.41) is 0.906.